The summed E-state index contributed by atoms with van der Waals surface area (Å²) < 4.78 is 0. The smallest absolute Gasteiger partial charge is 0.233 e. The molecule has 2 aromatic rings. The summed E-state index contributed by atoms with van der Waals surface area (Å²) in [5, 5.41) is 1.83. The summed E-state index contributed by atoms with van der Waals surface area (Å²) in [6, 6.07) is 6.30. The van der Waals surface area contributed by atoms with Crippen LogP contribution in [0.2, 0.25) is 5.02 Å². The Bertz CT molecular complexity index is 747. The molecule has 0 spiro atoms. The lowest BCUT2D eigenvalue weighted by Crippen LogP contribution is -2.48. The number of aromatic amines is 1. The number of benzene rings is 1. The second-order valence-corrected chi connectivity index (χ2v) is 7.47. The van der Waals surface area contributed by atoms with Crippen molar-refractivity contribution < 1.29 is 4.79 Å². The molecule has 2 fully saturated rings. The molecule has 4 heteroatoms. The molecule has 0 bridgehead atoms. The molecule has 1 aliphatic heterocycles. The lowest BCUT2D eigenvalue weighted by Gasteiger charge is -2.37. The Balaban J connectivity index is 1.72. The maximum Gasteiger partial charge on any atom is 0.233 e. The van der Waals surface area contributed by atoms with Gasteiger partial charge in [-0.2, -0.15) is 0 Å². The number of fused-ring (bicyclic) bond motifs is 1. The van der Waals surface area contributed by atoms with Crippen molar-refractivity contribution in [2.45, 2.75) is 56.9 Å². The molecule has 1 aliphatic carbocycles. The van der Waals surface area contributed by atoms with Crippen LogP contribution in [0.4, 0.5) is 0 Å². The largest absolute Gasteiger partial charge is 0.361 e. The van der Waals surface area contributed by atoms with Crippen LogP contribution in [-0.4, -0.2) is 28.4 Å². The van der Waals surface area contributed by atoms with Gasteiger partial charge in [-0.25, -0.2) is 0 Å². The molecule has 4 rings (SSSR count). The molecule has 1 amide bonds. The molecule has 23 heavy (non-hydrogen) atoms. The Kier molecular flexibility index (Phi) is 3.64. The zero-order chi connectivity index (χ0) is 16.0. The number of carbonyl (C=O) groups excluding carboxylic acids is 1. The number of nitrogens with zero attached hydrogens (tertiary/aromatic N) is 1. The fraction of sp³-hybridized carbons (Fsp3) is 0.526. The topological polar surface area (TPSA) is 36.1 Å². The highest BCUT2D eigenvalue weighted by Gasteiger charge is 2.55. The SMILES string of the molecule is CCC1CCCCN1C(=O)C1(c2c[nH]c3ccc(Cl)cc23)CC1. The minimum absolute atomic E-state index is 0.312. The molecular formula is C19H23ClN2O. The molecule has 1 N–H and O–H groups in total. The molecule has 2 heterocycles. The van der Waals surface area contributed by atoms with Crippen LogP contribution in [0.3, 0.4) is 0 Å². The zero-order valence-corrected chi connectivity index (χ0v) is 14.3. The molecule has 1 unspecified atom stereocenters. The van der Waals surface area contributed by atoms with Crippen LogP contribution in [0, 0.1) is 0 Å². The van der Waals surface area contributed by atoms with Crippen molar-refractivity contribution in [1.82, 2.24) is 9.88 Å². The van der Waals surface area contributed by atoms with Gasteiger partial charge in [-0.3, -0.25) is 4.79 Å². The minimum Gasteiger partial charge on any atom is -0.361 e. The lowest BCUT2D eigenvalue weighted by molar-refractivity contribution is -0.137. The van der Waals surface area contributed by atoms with Gasteiger partial charge >= 0.3 is 0 Å². The summed E-state index contributed by atoms with van der Waals surface area (Å²) in [4.78, 5) is 18.8. The molecule has 1 atom stereocenters. The number of H-pyrrole nitrogens is 1. The fourth-order valence-corrected chi connectivity index (χ4v) is 4.35. The normalized spacial score (nSPS) is 23.2. The number of amides is 1. The predicted molar refractivity (Wildman–Crippen MR) is 93.9 cm³/mol. The van der Waals surface area contributed by atoms with E-state index >= 15 is 0 Å². The molecule has 1 saturated heterocycles. The monoisotopic (exact) mass is 330 g/mol. The summed E-state index contributed by atoms with van der Waals surface area (Å²) in [7, 11) is 0. The van der Waals surface area contributed by atoms with Crippen LogP contribution in [0.5, 0.6) is 0 Å². The lowest BCUT2D eigenvalue weighted by atomic mass is 9.90. The van der Waals surface area contributed by atoms with Gasteiger partial charge in [0.1, 0.15) is 0 Å². The Hall–Kier alpha value is -1.48. The first kappa shape index (κ1) is 15.1. The van der Waals surface area contributed by atoms with Gasteiger partial charge in [-0.15, -0.1) is 0 Å². The van der Waals surface area contributed by atoms with E-state index in [2.05, 4.69) is 16.8 Å². The molecule has 122 valence electrons. The van der Waals surface area contributed by atoms with Crippen LogP contribution < -0.4 is 0 Å². The van der Waals surface area contributed by atoms with Gasteiger partial charge in [-0.05, 0) is 62.3 Å². The first-order valence-corrected chi connectivity index (χ1v) is 9.12. The van der Waals surface area contributed by atoms with E-state index in [1.165, 1.54) is 6.42 Å². The fourth-order valence-electron chi connectivity index (χ4n) is 4.18. The maximum atomic E-state index is 13.4. The second-order valence-electron chi connectivity index (χ2n) is 7.03. The number of halogens is 1. The number of aromatic nitrogens is 1. The highest BCUT2D eigenvalue weighted by atomic mass is 35.5. The van der Waals surface area contributed by atoms with Gasteiger partial charge in [0.25, 0.3) is 0 Å². The summed E-state index contributed by atoms with van der Waals surface area (Å²) in [6.07, 6.45) is 8.53. The van der Waals surface area contributed by atoms with Crippen LogP contribution in [0.25, 0.3) is 10.9 Å². The third-order valence-corrected chi connectivity index (χ3v) is 5.91. The van der Waals surface area contributed by atoms with Crippen molar-refractivity contribution in [3.63, 3.8) is 0 Å². The second kappa shape index (κ2) is 5.55. The number of rotatable bonds is 3. The van der Waals surface area contributed by atoms with Gasteiger partial charge in [0.15, 0.2) is 0 Å². The summed E-state index contributed by atoms with van der Waals surface area (Å²) in [5.74, 6) is 0.338. The molecule has 2 aliphatic rings. The average Bonchev–Trinajstić information content (AvgIpc) is 3.28. The standard InChI is InChI=1S/C19H23ClN2O/c1-2-14-5-3-4-10-22(14)18(23)19(8-9-19)16-12-21-17-7-6-13(20)11-15(16)17/h6-7,11-12,14,21H,2-5,8-10H2,1H3. The number of likely N-dealkylation sites (tertiary alicyclic amines) is 1. The zero-order valence-electron chi connectivity index (χ0n) is 13.6. The first-order valence-electron chi connectivity index (χ1n) is 8.74. The van der Waals surface area contributed by atoms with E-state index in [-0.39, 0.29) is 5.41 Å². The van der Waals surface area contributed by atoms with E-state index in [0.29, 0.717) is 11.9 Å². The van der Waals surface area contributed by atoms with E-state index < -0.39 is 0 Å². The van der Waals surface area contributed by atoms with Gasteiger partial charge < -0.3 is 9.88 Å². The number of hydrogen-bond donors (Lipinski definition) is 1. The molecule has 0 radical (unpaired) electrons. The number of carbonyl (C=O) groups is 1. The van der Waals surface area contributed by atoms with E-state index in [0.717, 1.165) is 60.1 Å². The average molecular weight is 331 g/mol. The van der Waals surface area contributed by atoms with Crippen molar-refractivity contribution in [3.05, 3.63) is 35.0 Å². The van der Waals surface area contributed by atoms with Gasteiger partial charge in [0.05, 0.1) is 5.41 Å². The van der Waals surface area contributed by atoms with E-state index in [4.69, 9.17) is 11.6 Å². The van der Waals surface area contributed by atoms with Crippen molar-refractivity contribution in [2.75, 3.05) is 6.54 Å². The highest BCUT2D eigenvalue weighted by molar-refractivity contribution is 6.31. The van der Waals surface area contributed by atoms with E-state index in [9.17, 15) is 4.79 Å². The molecule has 3 nitrogen and oxygen atoms in total. The van der Waals surface area contributed by atoms with Crippen LogP contribution in [0.1, 0.15) is 51.0 Å². The first-order chi connectivity index (χ1) is 11.2. The molecule has 1 aromatic heterocycles. The summed E-state index contributed by atoms with van der Waals surface area (Å²) in [6.45, 7) is 3.11. The van der Waals surface area contributed by atoms with Crippen molar-refractivity contribution in [2.24, 2.45) is 0 Å². The predicted octanol–water partition coefficient (Wildman–Crippen LogP) is 4.64. The minimum atomic E-state index is -0.312. The highest BCUT2D eigenvalue weighted by Crippen LogP contribution is 2.52. The Morgan fingerprint density at radius 2 is 2.22 bits per heavy atom. The van der Waals surface area contributed by atoms with E-state index in [1.807, 2.05) is 24.4 Å². The van der Waals surface area contributed by atoms with E-state index in [1.54, 1.807) is 0 Å². The Labute approximate surface area is 142 Å². The number of piperidine rings is 1. The van der Waals surface area contributed by atoms with Crippen molar-refractivity contribution in [1.29, 1.82) is 0 Å². The van der Waals surface area contributed by atoms with Crippen molar-refractivity contribution in [3.8, 4) is 0 Å². The van der Waals surface area contributed by atoms with Gasteiger partial charge in [0.2, 0.25) is 5.91 Å². The number of nitrogens with one attached hydrogen (secondary N) is 1. The maximum absolute atomic E-state index is 13.4. The quantitative estimate of drug-likeness (QED) is 0.874. The third-order valence-electron chi connectivity index (χ3n) is 5.68. The molecule has 1 aromatic carbocycles. The molecular weight excluding hydrogens is 308 g/mol. The molecule has 1 saturated carbocycles. The van der Waals surface area contributed by atoms with Crippen molar-refractivity contribution >= 4 is 28.4 Å². The van der Waals surface area contributed by atoms with Gasteiger partial charge in [-0.1, -0.05) is 18.5 Å². The summed E-state index contributed by atoms with van der Waals surface area (Å²) in [5.41, 5.74) is 1.89. The van der Waals surface area contributed by atoms with Crippen LogP contribution in [0.15, 0.2) is 24.4 Å². The number of hydrogen-bond acceptors (Lipinski definition) is 1. The Morgan fingerprint density at radius 3 is 2.96 bits per heavy atom. The van der Waals surface area contributed by atoms with Crippen LogP contribution >= 0.6 is 11.6 Å². The van der Waals surface area contributed by atoms with Crippen LogP contribution in [-0.2, 0) is 10.2 Å². The third kappa shape index (κ3) is 2.37. The van der Waals surface area contributed by atoms with Gasteiger partial charge in [0, 0.05) is 34.7 Å². The Morgan fingerprint density at radius 1 is 1.39 bits per heavy atom. The summed E-state index contributed by atoms with van der Waals surface area (Å²) >= 11 is 6.18.